The number of benzene rings is 1. The van der Waals surface area contributed by atoms with Crippen LogP contribution in [0.1, 0.15) is 38.2 Å². The third-order valence-corrected chi connectivity index (χ3v) is 3.60. The van der Waals surface area contributed by atoms with Gasteiger partial charge < -0.3 is 5.32 Å². The van der Waals surface area contributed by atoms with Gasteiger partial charge in [-0.2, -0.15) is 0 Å². The number of nitro groups is 1. The normalized spacial score (nSPS) is 16.3. The molecule has 1 fully saturated rings. The molecule has 0 aromatic heterocycles. The predicted molar refractivity (Wildman–Crippen MR) is 72.9 cm³/mol. The molecule has 1 aromatic rings. The lowest BCUT2D eigenvalue weighted by Crippen LogP contribution is -2.19. The van der Waals surface area contributed by atoms with Gasteiger partial charge in [-0.3, -0.25) is 10.1 Å². The Bertz CT molecular complexity index is 441. The Balaban J connectivity index is 2.10. The summed E-state index contributed by atoms with van der Waals surface area (Å²) in [5.41, 5.74) is 2.12. The second kappa shape index (κ2) is 5.38. The standard InChI is InChI=1S/C14H20N2O2/c1-3-12(8-11-5-6-11)15-14-9-13(16(17)18)7-4-10(14)2/h4,7,9,11-12,15H,3,5-6,8H2,1-2H3. The van der Waals surface area contributed by atoms with E-state index in [0.717, 1.165) is 23.6 Å². The number of rotatable bonds is 6. The molecule has 1 aromatic carbocycles. The van der Waals surface area contributed by atoms with Crippen LogP contribution in [0.4, 0.5) is 11.4 Å². The second-order valence-electron chi connectivity index (χ2n) is 5.18. The summed E-state index contributed by atoms with van der Waals surface area (Å²) in [5.74, 6) is 0.862. The minimum Gasteiger partial charge on any atom is -0.382 e. The van der Waals surface area contributed by atoms with E-state index >= 15 is 0 Å². The van der Waals surface area contributed by atoms with Crippen LogP contribution in [0.2, 0.25) is 0 Å². The largest absolute Gasteiger partial charge is 0.382 e. The first kappa shape index (κ1) is 12.9. The molecule has 0 radical (unpaired) electrons. The average molecular weight is 248 g/mol. The van der Waals surface area contributed by atoms with Crippen molar-refractivity contribution in [2.75, 3.05) is 5.32 Å². The fraction of sp³-hybridized carbons (Fsp3) is 0.571. The molecule has 1 aliphatic carbocycles. The third-order valence-electron chi connectivity index (χ3n) is 3.60. The van der Waals surface area contributed by atoms with Crippen molar-refractivity contribution < 1.29 is 4.92 Å². The zero-order chi connectivity index (χ0) is 13.1. The first-order valence-electron chi connectivity index (χ1n) is 6.61. The van der Waals surface area contributed by atoms with E-state index in [0.29, 0.717) is 6.04 Å². The predicted octanol–water partition coefficient (Wildman–Crippen LogP) is 3.89. The molecule has 4 nitrogen and oxygen atoms in total. The summed E-state index contributed by atoms with van der Waals surface area (Å²) in [6.07, 6.45) is 4.91. The average Bonchev–Trinajstić information content (AvgIpc) is 3.14. The third kappa shape index (κ3) is 3.22. The van der Waals surface area contributed by atoms with Gasteiger partial charge in [0.25, 0.3) is 5.69 Å². The molecule has 0 bridgehead atoms. The van der Waals surface area contributed by atoms with Crippen LogP contribution in [0.3, 0.4) is 0 Å². The lowest BCUT2D eigenvalue weighted by atomic mass is 10.1. The molecule has 4 heteroatoms. The first-order valence-corrected chi connectivity index (χ1v) is 6.61. The number of hydrogen-bond acceptors (Lipinski definition) is 3. The van der Waals surface area contributed by atoms with Gasteiger partial charge in [-0.15, -0.1) is 0 Å². The lowest BCUT2D eigenvalue weighted by molar-refractivity contribution is -0.384. The van der Waals surface area contributed by atoms with Crippen molar-refractivity contribution in [1.82, 2.24) is 0 Å². The summed E-state index contributed by atoms with van der Waals surface area (Å²) in [5, 5.41) is 14.2. The summed E-state index contributed by atoms with van der Waals surface area (Å²) in [6, 6.07) is 5.44. The number of hydrogen-bond donors (Lipinski definition) is 1. The van der Waals surface area contributed by atoms with Gasteiger partial charge in [0.05, 0.1) is 4.92 Å². The van der Waals surface area contributed by atoms with Gasteiger partial charge in [0.15, 0.2) is 0 Å². The topological polar surface area (TPSA) is 55.2 Å². The molecule has 0 saturated heterocycles. The summed E-state index contributed by atoms with van der Waals surface area (Å²) in [6.45, 7) is 4.14. The van der Waals surface area contributed by atoms with E-state index in [1.807, 2.05) is 13.0 Å². The van der Waals surface area contributed by atoms with Gasteiger partial charge in [0.1, 0.15) is 0 Å². The smallest absolute Gasteiger partial charge is 0.271 e. The molecular weight excluding hydrogens is 228 g/mol. The highest BCUT2D eigenvalue weighted by atomic mass is 16.6. The van der Waals surface area contributed by atoms with Crippen LogP contribution in [0.25, 0.3) is 0 Å². The molecule has 18 heavy (non-hydrogen) atoms. The van der Waals surface area contributed by atoms with Gasteiger partial charge in [0, 0.05) is 23.9 Å². The fourth-order valence-corrected chi connectivity index (χ4v) is 2.18. The molecule has 1 N–H and O–H groups in total. The number of nitrogens with one attached hydrogen (secondary N) is 1. The van der Waals surface area contributed by atoms with Crippen molar-refractivity contribution in [3.8, 4) is 0 Å². The highest BCUT2D eigenvalue weighted by Crippen LogP contribution is 2.35. The SMILES string of the molecule is CCC(CC1CC1)Nc1cc([N+](=O)[O-])ccc1C. The minimum atomic E-state index is -0.341. The van der Waals surface area contributed by atoms with Crippen molar-refractivity contribution in [3.05, 3.63) is 33.9 Å². The van der Waals surface area contributed by atoms with Crippen LogP contribution in [-0.4, -0.2) is 11.0 Å². The number of nitro benzene ring substituents is 1. The molecule has 98 valence electrons. The van der Waals surface area contributed by atoms with Crippen LogP contribution < -0.4 is 5.32 Å². The van der Waals surface area contributed by atoms with Crippen molar-refractivity contribution in [2.24, 2.45) is 5.92 Å². The van der Waals surface area contributed by atoms with Crippen LogP contribution in [0, 0.1) is 23.0 Å². The van der Waals surface area contributed by atoms with E-state index in [-0.39, 0.29) is 10.6 Å². The zero-order valence-electron chi connectivity index (χ0n) is 11.0. The van der Waals surface area contributed by atoms with E-state index < -0.39 is 0 Å². The maximum absolute atomic E-state index is 10.8. The van der Waals surface area contributed by atoms with E-state index in [4.69, 9.17) is 0 Å². The molecule has 1 atom stereocenters. The molecule has 0 heterocycles. The minimum absolute atomic E-state index is 0.157. The highest BCUT2D eigenvalue weighted by molar-refractivity contribution is 5.57. The Kier molecular flexibility index (Phi) is 3.84. The lowest BCUT2D eigenvalue weighted by Gasteiger charge is -2.19. The van der Waals surface area contributed by atoms with Crippen molar-refractivity contribution >= 4 is 11.4 Å². The molecule has 0 amide bonds. The van der Waals surface area contributed by atoms with E-state index in [2.05, 4.69) is 12.2 Å². The van der Waals surface area contributed by atoms with Gasteiger partial charge in [-0.25, -0.2) is 0 Å². The summed E-state index contributed by atoms with van der Waals surface area (Å²) < 4.78 is 0. The zero-order valence-corrected chi connectivity index (χ0v) is 11.0. The Morgan fingerprint density at radius 1 is 1.50 bits per heavy atom. The molecule has 2 rings (SSSR count). The summed E-state index contributed by atoms with van der Waals surface area (Å²) in [4.78, 5) is 10.4. The van der Waals surface area contributed by atoms with Crippen LogP contribution in [-0.2, 0) is 0 Å². The Morgan fingerprint density at radius 3 is 2.78 bits per heavy atom. The first-order chi connectivity index (χ1) is 8.60. The molecule has 0 spiro atoms. The molecular formula is C14H20N2O2. The highest BCUT2D eigenvalue weighted by Gasteiger charge is 2.25. The Morgan fingerprint density at radius 2 is 2.22 bits per heavy atom. The van der Waals surface area contributed by atoms with Crippen LogP contribution in [0.15, 0.2) is 18.2 Å². The molecule has 1 aliphatic rings. The van der Waals surface area contributed by atoms with Crippen LogP contribution >= 0.6 is 0 Å². The van der Waals surface area contributed by atoms with Gasteiger partial charge >= 0.3 is 0 Å². The van der Waals surface area contributed by atoms with Gasteiger partial charge in [-0.1, -0.05) is 25.8 Å². The quantitative estimate of drug-likeness (QED) is 0.613. The van der Waals surface area contributed by atoms with Crippen molar-refractivity contribution in [3.63, 3.8) is 0 Å². The fourth-order valence-electron chi connectivity index (χ4n) is 2.18. The van der Waals surface area contributed by atoms with Gasteiger partial charge in [-0.05, 0) is 31.2 Å². The monoisotopic (exact) mass is 248 g/mol. The van der Waals surface area contributed by atoms with Crippen molar-refractivity contribution in [2.45, 2.75) is 45.6 Å². The Labute approximate surface area is 108 Å². The van der Waals surface area contributed by atoms with Gasteiger partial charge in [0.2, 0.25) is 0 Å². The summed E-state index contributed by atoms with van der Waals surface area (Å²) in [7, 11) is 0. The van der Waals surface area contributed by atoms with Crippen LogP contribution in [0.5, 0.6) is 0 Å². The number of non-ortho nitro benzene ring substituents is 1. The molecule has 1 unspecified atom stereocenters. The number of aryl methyl sites for hydroxylation is 1. The Hall–Kier alpha value is -1.58. The molecule has 0 aliphatic heterocycles. The maximum Gasteiger partial charge on any atom is 0.271 e. The summed E-state index contributed by atoms with van der Waals surface area (Å²) >= 11 is 0. The number of nitrogens with zero attached hydrogens (tertiary/aromatic N) is 1. The number of anilines is 1. The second-order valence-corrected chi connectivity index (χ2v) is 5.18. The maximum atomic E-state index is 10.8. The van der Waals surface area contributed by atoms with Crippen molar-refractivity contribution in [1.29, 1.82) is 0 Å². The molecule has 1 saturated carbocycles. The van der Waals surface area contributed by atoms with E-state index in [1.54, 1.807) is 12.1 Å². The van der Waals surface area contributed by atoms with E-state index in [1.165, 1.54) is 19.3 Å². The van der Waals surface area contributed by atoms with E-state index in [9.17, 15) is 10.1 Å².